The number of methoxy groups -OCH3 is 1. The minimum Gasteiger partial charge on any atom is -0.495 e. The Kier molecular flexibility index (Phi) is 6.06. The van der Waals surface area contributed by atoms with E-state index in [4.69, 9.17) is 14.8 Å². The van der Waals surface area contributed by atoms with Crippen LogP contribution in [0.25, 0.3) is 10.6 Å². The number of aromatic nitrogens is 1. The smallest absolute Gasteiger partial charge is 0.335 e. The van der Waals surface area contributed by atoms with Gasteiger partial charge in [0, 0.05) is 22.9 Å². The molecule has 0 amide bonds. The first-order chi connectivity index (χ1) is 14.1. The highest BCUT2D eigenvalue weighted by molar-refractivity contribution is 8.00. The number of thiazole rings is 1. The fourth-order valence-electron chi connectivity index (χ4n) is 3.61. The first kappa shape index (κ1) is 19.8. The molecule has 3 aromatic rings. The van der Waals surface area contributed by atoms with E-state index < -0.39 is 5.97 Å². The highest BCUT2D eigenvalue weighted by atomic mass is 32.2. The summed E-state index contributed by atoms with van der Waals surface area (Å²) in [7, 11) is 1.52. The van der Waals surface area contributed by atoms with Gasteiger partial charge in [0.2, 0.25) is 0 Å². The van der Waals surface area contributed by atoms with E-state index in [1.54, 1.807) is 23.5 Å². The number of nitrogens with zero attached hydrogens (tertiary/aromatic N) is 1. The van der Waals surface area contributed by atoms with E-state index in [1.807, 2.05) is 5.38 Å². The highest BCUT2D eigenvalue weighted by Crippen LogP contribution is 2.36. The Balaban J connectivity index is 1.42. The van der Waals surface area contributed by atoms with Gasteiger partial charge in [0.15, 0.2) is 0 Å². The van der Waals surface area contributed by atoms with Crippen LogP contribution in [0.2, 0.25) is 0 Å². The van der Waals surface area contributed by atoms with Gasteiger partial charge in [-0.15, -0.1) is 11.3 Å². The van der Waals surface area contributed by atoms with Crippen molar-refractivity contribution in [3.63, 3.8) is 0 Å². The second-order valence-electron chi connectivity index (χ2n) is 7.02. The molecule has 0 radical (unpaired) electrons. The molecule has 4 rings (SSSR count). The maximum absolute atomic E-state index is 11.1. The topological polar surface area (TPSA) is 71.5 Å². The van der Waals surface area contributed by atoms with Crippen LogP contribution in [-0.4, -0.2) is 23.2 Å². The van der Waals surface area contributed by atoms with Gasteiger partial charge >= 0.3 is 5.97 Å². The van der Waals surface area contributed by atoms with Crippen molar-refractivity contribution >= 4 is 34.9 Å². The number of benzene rings is 2. The monoisotopic (exact) mass is 426 g/mol. The van der Waals surface area contributed by atoms with Gasteiger partial charge in [0.1, 0.15) is 15.8 Å². The Bertz CT molecular complexity index is 996. The summed E-state index contributed by atoms with van der Waals surface area (Å²) < 4.78 is 8.50. The fraction of sp³-hybridized carbons (Fsp3) is 0.273. The quantitative estimate of drug-likeness (QED) is 0.432. The SMILES string of the molecule is COc1cc(C(=O)O)ccc1NSc1csc(-c2ccc(C3CCCC3)cc2)n1. The van der Waals surface area contributed by atoms with Crippen LogP contribution in [-0.2, 0) is 0 Å². The summed E-state index contributed by atoms with van der Waals surface area (Å²) in [4.78, 5) is 15.8. The molecule has 1 saturated carbocycles. The molecule has 0 atom stereocenters. The van der Waals surface area contributed by atoms with E-state index in [-0.39, 0.29) is 5.56 Å². The summed E-state index contributed by atoms with van der Waals surface area (Å²) in [5.41, 5.74) is 3.47. The Hall–Kier alpha value is -2.51. The molecule has 1 aromatic heterocycles. The summed E-state index contributed by atoms with van der Waals surface area (Å²) >= 11 is 2.99. The van der Waals surface area contributed by atoms with Crippen molar-refractivity contribution in [2.45, 2.75) is 36.6 Å². The molecular weight excluding hydrogens is 404 g/mol. The average molecular weight is 427 g/mol. The first-order valence-electron chi connectivity index (χ1n) is 9.54. The number of carboxylic acids is 1. The number of rotatable bonds is 7. The van der Waals surface area contributed by atoms with Crippen LogP contribution in [0.5, 0.6) is 5.75 Å². The van der Waals surface area contributed by atoms with Crippen LogP contribution < -0.4 is 9.46 Å². The fourth-order valence-corrected chi connectivity index (χ4v) is 5.21. The van der Waals surface area contributed by atoms with E-state index in [0.717, 1.165) is 21.5 Å². The van der Waals surface area contributed by atoms with Crippen molar-refractivity contribution in [1.29, 1.82) is 0 Å². The molecule has 2 N–H and O–H groups in total. The lowest BCUT2D eigenvalue weighted by Crippen LogP contribution is -1.99. The number of aromatic carboxylic acids is 1. The van der Waals surface area contributed by atoms with Crippen LogP contribution in [0.3, 0.4) is 0 Å². The Labute approximate surface area is 178 Å². The zero-order valence-corrected chi connectivity index (χ0v) is 17.7. The third-order valence-corrected chi connectivity index (χ3v) is 6.96. The number of hydrogen-bond donors (Lipinski definition) is 2. The average Bonchev–Trinajstić information content (AvgIpc) is 3.44. The molecule has 1 aliphatic carbocycles. The Morgan fingerprint density at radius 3 is 2.66 bits per heavy atom. The van der Waals surface area contributed by atoms with Crippen molar-refractivity contribution in [3.05, 3.63) is 59.0 Å². The number of ether oxygens (including phenoxy) is 1. The van der Waals surface area contributed by atoms with Gasteiger partial charge in [-0.1, -0.05) is 37.1 Å². The normalized spacial score (nSPS) is 14.1. The van der Waals surface area contributed by atoms with Gasteiger partial charge in [0.25, 0.3) is 0 Å². The highest BCUT2D eigenvalue weighted by Gasteiger charge is 2.17. The molecule has 5 nitrogen and oxygen atoms in total. The van der Waals surface area contributed by atoms with Crippen molar-refractivity contribution in [3.8, 4) is 16.3 Å². The lowest BCUT2D eigenvalue weighted by Gasteiger charge is -2.10. The Morgan fingerprint density at radius 1 is 1.21 bits per heavy atom. The van der Waals surface area contributed by atoms with Crippen molar-refractivity contribution in [1.82, 2.24) is 4.98 Å². The van der Waals surface area contributed by atoms with Crippen LogP contribution >= 0.6 is 23.3 Å². The zero-order valence-electron chi connectivity index (χ0n) is 16.1. The van der Waals surface area contributed by atoms with Crippen molar-refractivity contribution in [2.24, 2.45) is 0 Å². The lowest BCUT2D eigenvalue weighted by atomic mass is 9.97. The number of carboxylic acid groups (broad SMARTS) is 1. The van der Waals surface area contributed by atoms with Gasteiger partial charge in [0.05, 0.1) is 18.4 Å². The molecule has 0 spiro atoms. The summed E-state index contributed by atoms with van der Waals surface area (Å²) in [6.45, 7) is 0. The number of anilines is 1. The molecular formula is C22H22N2O3S2. The van der Waals surface area contributed by atoms with Crippen LogP contribution in [0.4, 0.5) is 5.69 Å². The number of nitrogens with one attached hydrogen (secondary N) is 1. The third kappa shape index (κ3) is 4.57. The van der Waals surface area contributed by atoms with Gasteiger partial charge in [-0.2, -0.15) is 0 Å². The summed E-state index contributed by atoms with van der Waals surface area (Å²) in [6.07, 6.45) is 5.30. The van der Waals surface area contributed by atoms with Crippen molar-refractivity contribution < 1.29 is 14.6 Å². The number of hydrogen-bond acceptors (Lipinski definition) is 6. The van der Waals surface area contributed by atoms with E-state index in [0.29, 0.717) is 11.4 Å². The molecule has 150 valence electrons. The van der Waals surface area contributed by atoms with Gasteiger partial charge in [-0.3, -0.25) is 0 Å². The molecule has 7 heteroatoms. The first-order valence-corrected chi connectivity index (χ1v) is 11.2. The van der Waals surface area contributed by atoms with E-state index in [9.17, 15) is 4.79 Å². The summed E-state index contributed by atoms with van der Waals surface area (Å²) in [5, 5.41) is 13.0. The number of carbonyl (C=O) groups is 1. The van der Waals surface area contributed by atoms with Gasteiger partial charge in [-0.25, -0.2) is 9.78 Å². The summed E-state index contributed by atoms with van der Waals surface area (Å²) in [5.74, 6) is 0.221. The molecule has 1 fully saturated rings. The van der Waals surface area contributed by atoms with E-state index in [2.05, 4.69) is 29.0 Å². The van der Waals surface area contributed by atoms with E-state index in [1.165, 1.54) is 56.4 Å². The third-order valence-electron chi connectivity index (χ3n) is 5.18. The van der Waals surface area contributed by atoms with Gasteiger partial charge in [-0.05, 0) is 42.5 Å². The minimum atomic E-state index is -0.981. The molecule has 1 heterocycles. The maximum atomic E-state index is 11.1. The largest absolute Gasteiger partial charge is 0.495 e. The molecule has 1 aliphatic rings. The van der Waals surface area contributed by atoms with Crippen molar-refractivity contribution in [2.75, 3.05) is 11.8 Å². The predicted octanol–water partition coefficient (Wildman–Crippen LogP) is 6.29. The second-order valence-corrected chi connectivity index (χ2v) is 8.70. The van der Waals surface area contributed by atoms with E-state index >= 15 is 0 Å². The molecule has 0 bridgehead atoms. The standard InChI is InChI=1S/C22H22N2O3S2/c1-27-19-12-17(22(25)26)10-11-18(19)24-29-20-13-28-21(23-20)16-8-6-15(7-9-16)14-4-2-3-5-14/h6-14,24H,2-5H2,1H3,(H,25,26). The summed E-state index contributed by atoms with van der Waals surface area (Å²) in [6, 6.07) is 13.6. The second kappa shape index (κ2) is 8.88. The minimum absolute atomic E-state index is 0.189. The molecule has 0 aliphatic heterocycles. The van der Waals surface area contributed by atoms with Crippen LogP contribution in [0.1, 0.15) is 47.5 Å². The van der Waals surface area contributed by atoms with Gasteiger partial charge < -0.3 is 14.6 Å². The zero-order chi connectivity index (χ0) is 20.2. The molecule has 0 saturated heterocycles. The maximum Gasteiger partial charge on any atom is 0.335 e. The van der Waals surface area contributed by atoms with Crippen LogP contribution in [0.15, 0.2) is 52.9 Å². The molecule has 29 heavy (non-hydrogen) atoms. The Morgan fingerprint density at radius 2 is 1.97 bits per heavy atom. The molecule has 0 unspecified atom stereocenters. The van der Waals surface area contributed by atoms with Crippen LogP contribution in [0, 0.1) is 0 Å². The lowest BCUT2D eigenvalue weighted by molar-refractivity contribution is 0.0696. The molecule has 2 aromatic carbocycles. The predicted molar refractivity (Wildman–Crippen MR) is 118 cm³/mol.